The number of hydrogen-bond acceptors (Lipinski definition) is 4. The molecule has 0 aliphatic carbocycles. The number of thioether (sulfide) groups is 1. The molecule has 0 aliphatic rings. The van der Waals surface area contributed by atoms with E-state index in [4.69, 9.17) is 0 Å². The van der Waals surface area contributed by atoms with E-state index in [0.717, 1.165) is 28.6 Å². The molecule has 1 N–H and O–H groups in total. The van der Waals surface area contributed by atoms with Gasteiger partial charge in [0.2, 0.25) is 5.91 Å². The monoisotopic (exact) mass is 320 g/mol. The van der Waals surface area contributed by atoms with Gasteiger partial charge in [0.15, 0.2) is 4.34 Å². The largest absolute Gasteiger partial charge is 0.355 e. The number of nitrogens with zero attached hydrogens (tertiary/aromatic N) is 1. The van der Waals surface area contributed by atoms with E-state index >= 15 is 0 Å². The molecule has 21 heavy (non-hydrogen) atoms. The third-order valence-electron chi connectivity index (χ3n) is 2.92. The summed E-state index contributed by atoms with van der Waals surface area (Å²) in [7, 11) is 0. The normalized spacial score (nSPS) is 10.8. The zero-order valence-electron chi connectivity index (χ0n) is 12.3. The summed E-state index contributed by atoms with van der Waals surface area (Å²) < 4.78 is 0.938. The Hall–Kier alpha value is -1.33. The summed E-state index contributed by atoms with van der Waals surface area (Å²) in [6.07, 6.45) is 1.02. The minimum atomic E-state index is 0.0807. The Kier molecular flexibility index (Phi) is 6.26. The van der Waals surface area contributed by atoms with Crippen LogP contribution in [-0.2, 0) is 4.79 Å². The van der Waals surface area contributed by atoms with Crippen LogP contribution in [0.5, 0.6) is 0 Å². The molecule has 0 saturated heterocycles. The number of benzene rings is 1. The van der Waals surface area contributed by atoms with Crippen molar-refractivity contribution in [3.63, 3.8) is 0 Å². The van der Waals surface area contributed by atoms with Gasteiger partial charge in [-0.3, -0.25) is 4.79 Å². The van der Waals surface area contributed by atoms with Crippen molar-refractivity contribution in [3.05, 3.63) is 35.7 Å². The molecule has 3 nitrogen and oxygen atoms in total. The quantitative estimate of drug-likeness (QED) is 0.782. The number of rotatable bonds is 7. The van der Waals surface area contributed by atoms with Gasteiger partial charge in [0, 0.05) is 17.5 Å². The Labute approximate surface area is 134 Å². The molecule has 2 rings (SSSR count). The fourth-order valence-electron chi connectivity index (χ4n) is 1.74. The third kappa shape index (κ3) is 5.52. The molecule has 0 saturated carbocycles. The van der Waals surface area contributed by atoms with Crippen molar-refractivity contribution < 1.29 is 4.79 Å². The van der Waals surface area contributed by atoms with E-state index < -0.39 is 0 Å². The van der Waals surface area contributed by atoms with E-state index in [9.17, 15) is 4.79 Å². The van der Waals surface area contributed by atoms with Gasteiger partial charge in [-0.15, -0.1) is 11.3 Å². The van der Waals surface area contributed by atoms with Crippen molar-refractivity contribution in [1.29, 1.82) is 0 Å². The molecule has 0 atom stereocenters. The molecule has 0 spiro atoms. The van der Waals surface area contributed by atoms with E-state index in [1.54, 1.807) is 11.3 Å². The second-order valence-corrected chi connectivity index (χ2v) is 7.27. The molecule has 2 aromatic rings. The highest BCUT2D eigenvalue weighted by atomic mass is 32.2. The fraction of sp³-hybridized carbons (Fsp3) is 0.375. The molecule has 112 valence electrons. The van der Waals surface area contributed by atoms with Crippen LogP contribution in [0, 0.1) is 5.92 Å². The average Bonchev–Trinajstić information content (AvgIpc) is 2.94. The zero-order valence-corrected chi connectivity index (χ0v) is 14.0. The summed E-state index contributed by atoms with van der Waals surface area (Å²) >= 11 is 3.09. The maximum atomic E-state index is 11.7. The van der Waals surface area contributed by atoms with Crippen molar-refractivity contribution in [1.82, 2.24) is 10.3 Å². The summed E-state index contributed by atoms with van der Waals surface area (Å²) in [6.45, 7) is 5.06. The van der Waals surface area contributed by atoms with Gasteiger partial charge in [-0.25, -0.2) is 4.98 Å². The second-order valence-electron chi connectivity index (χ2n) is 5.19. The van der Waals surface area contributed by atoms with Crippen molar-refractivity contribution >= 4 is 29.0 Å². The zero-order chi connectivity index (χ0) is 15.1. The van der Waals surface area contributed by atoms with Gasteiger partial charge >= 0.3 is 0 Å². The Balaban J connectivity index is 1.79. The summed E-state index contributed by atoms with van der Waals surface area (Å²) in [5.41, 5.74) is 2.09. The number of nitrogens with one attached hydrogen (secondary N) is 1. The highest BCUT2D eigenvalue weighted by Crippen LogP contribution is 2.27. The van der Waals surface area contributed by atoms with Crippen LogP contribution in [0.15, 0.2) is 40.1 Å². The van der Waals surface area contributed by atoms with Crippen LogP contribution in [-0.4, -0.2) is 23.2 Å². The Morgan fingerprint density at radius 1 is 1.33 bits per heavy atom. The van der Waals surface area contributed by atoms with Crippen LogP contribution in [0.4, 0.5) is 0 Å². The molecule has 0 aliphatic heterocycles. The molecule has 1 amide bonds. The fourth-order valence-corrected chi connectivity index (χ4v) is 3.41. The van der Waals surface area contributed by atoms with Gasteiger partial charge in [-0.05, 0) is 12.3 Å². The first kappa shape index (κ1) is 16.0. The van der Waals surface area contributed by atoms with Crippen LogP contribution >= 0.6 is 23.1 Å². The lowest BCUT2D eigenvalue weighted by atomic mass is 10.1. The molecular formula is C16H20N2OS2. The predicted molar refractivity (Wildman–Crippen MR) is 90.7 cm³/mol. The van der Waals surface area contributed by atoms with Gasteiger partial charge in [0.25, 0.3) is 0 Å². The number of thiazole rings is 1. The molecule has 1 aromatic heterocycles. The number of hydrogen-bond donors (Lipinski definition) is 1. The van der Waals surface area contributed by atoms with Gasteiger partial charge in [-0.2, -0.15) is 0 Å². The van der Waals surface area contributed by atoms with E-state index in [0.29, 0.717) is 11.7 Å². The molecule has 1 aromatic carbocycles. The standard InChI is InChI=1S/C16H20N2OS2/c1-12(2)8-9-17-15(19)11-21-16-18-14(10-20-16)13-6-4-3-5-7-13/h3-7,10,12H,8-9,11H2,1-2H3,(H,17,19). The smallest absolute Gasteiger partial charge is 0.230 e. The van der Waals surface area contributed by atoms with E-state index in [2.05, 4.69) is 24.1 Å². The van der Waals surface area contributed by atoms with Gasteiger partial charge in [0.1, 0.15) is 0 Å². The average molecular weight is 320 g/mol. The van der Waals surface area contributed by atoms with E-state index in [-0.39, 0.29) is 5.91 Å². The topological polar surface area (TPSA) is 42.0 Å². The third-order valence-corrected chi connectivity index (χ3v) is 4.94. The van der Waals surface area contributed by atoms with Crippen LogP contribution < -0.4 is 5.32 Å². The van der Waals surface area contributed by atoms with Crippen molar-refractivity contribution in [2.75, 3.05) is 12.3 Å². The highest BCUT2D eigenvalue weighted by Gasteiger charge is 2.07. The first-order chi connectivity index (χ1) is 10.1. The summed E-state index contributed by atoms with van der Waals surface area (Å²) in [4.78, 5) is 16.3. The molecule has 0 fully saturated rings. The molecule has 1 heterocycles. The van der Waals surface area contributed by atoms with Crippen molar-refractivity contribution in [2.45, 2.75) is 24.6 Å². The number of carbonyl (C=O) groups excluding carboxylic acids is 1. The molecule has 5 heteroatoms. The van der Waals surface area contributed by atoms with E-state index in [1.165, 1.54) is 11.8 Å². The lowest BCUT2D eigenvalue weighted by Gasteiger charge is -2.06. The van der Waals surface area contributed by atoms with Crippen LogP contribution in [0.3, 0.4) is 0 Å². The molecular weight excluding hydrogens is 300 g/mol. The summed E-state index contributed by atoms with van der Waals surface area (Å²) in [6, 6.07) is 10.1. The van der Waals surface area contributed by atoms with Gasteiger partial charge in [0.05, 0.1) is 11.4 Å². The minimum absolute atomic E-state index is 0.0807. The molecule has 0 radical (unpaired) electrons. The first-order valence-electron chi connectivity index (χ1n) is 7.05. The van der Waals surface area contributed by atoms with Gasteiger partial charge in [-0.1, -0.05) is 55.9 Å². The SMILES string of the molecule is CC(C)CCNC(=O)CSc1nc(-c2ccccc2)cs1. The summed E-state index contributed by atoms with van der Waals surface area (Å²) in [5, 5.41) is 4.98. The molecule has 0 bridgehead atoms. The van der Waals surface area contributed by atoms with Gasteiger partial charge < -0.3 is 5.32 Å². The summed E-state index contributed by atoms with van der Waals surface area (Å²) in [5.74, 6) is 1.13. The van der Waals surface area contributed by atoms with Crippen molar-refractivity contribution in [2.24, 2.45) is 5.92 Å². The lowest BCUT2D eigenvalue weighted by Crippen LogP contribution is -2.26. The Morgan fingerprint density at radius 2 is 2.10 bits per heavy atom. The maximum Gasteiger partial charge on any atom is 0.230 e. The predicted octanol–water partition coefficient (Wildman–Crippen LogP) is 4.06. The maximum absolute atomic E-state index is 11.7. The Bertz CT molecular complexity index is 567. The first-order valence-corrected chi connectivity index (χ1v) is 8.92. The van der Waals surface area contributed by atoms with E-state index in [1.807, 2.05) is 35.7 Å². The second kappa shape index (κ2) is 8.20. The number of aromatic nitrogens is 1. The van der Waals surface area contributed by atoms with Crippen LogP contribution in [0.25, 0.3) is 11.3 Å². The Morgan fingerprint density at radius 3 is 2.81 bits per heavy atom. The van der Waals surface area contributed by atoms with Crippen LogP contribution in [0.1, 0.15) is 20.3 Å². The van der Waals surface area contributed by atoms with Crippen molar-refractivity contribution in [3.8, 4) is 11.3 Å². The number of carbonyl (C=O) groups is 1. The van der Waals surface area contributed by atoms with Crippen LogP contribution in [0.2, 0.25) is 0 Å². The molecule has 0 unspecified atom stereocenters. The minimum Gasteiger partial charge on any atom is -0.355 e. The number of amides is 1. The highest BCUT2D eigenvalue weighted by molar-refractivity contribution is 8.01. The lowest BCUT2D eigenvalue weighted by molar-refractivity contribution is -0.118.